The molecule has 0 unspecified atom stereocenters. The molecule has 0 spiro atoms. The van der Waals surface area contributed by atoms with E-state index >= 15 is 0 Å². The minimum absolute atomic E-state index is 0.0904. The Morgan fingerprint density at radius 3 is 2.58 bits per heavy atom. The Morgan fingerprint density at radius 2 is 1.87 bits per heavy atom. The van der Waals surface area contributed by atoms with Crippen LogP contribution in [0.25, 0.3) is 22.6 Å². The van der Waals surface area contributed by atoms with Crippen LogP contribution in [0.3, 0.4) is 0 Å². The van der Waals surface area contributed by atoms with Crippen LogP contribution >= 0.6 is 15.9 Å². The number of rotatable bonds is 6. The number of oxazole rings is 1. The number of amides is 1. The topological polar surface area (TPSA) is 102 Å². The molecule has 0 aliphatic heterocycles. The van der Waals surface area contributed by atoms with E-state index in [1.807, 2.05) is 0 Å². The number of nitrogens with zero attached hydrogens (tertiary/aromatic N) is 1. The van der Waals surface area contributed by atoms with E-state index in [4.69, 9.17) is 14.3 Å². The summed E-state index contributed by atoms with van der Waals surface area (Å²) in [5, 5.41) is 11.8. The number of ether oxygens (including phenoxy) is 1. The Balaban J connectivity index is 1.65. The minimum atomic E-state index is -0.913. The summed E-state index contributed by atoms with van der Waals surface area (Å²) in [7, 11) is 1.52. The fourth-order valence-electron chi connectivity index (χ4n) is 3.12. The van der Waals surface area contributed by atoms with Crippen molar-refractivity contribution in [3.05, 3.63) is 76.3 Å². The zero-order valence-electron chi connectivity index (χ0n) is 16.4. The molecule has 1 amide bonds. The number of carbonyl (C=O) groups is 2. The van der Waals surface area contributed by atoms with Crippen molar-refractivity contribution >= 4 is 44.6 Å². The molecule has 0 saturated heterocycles. The first-order valence-electron chi connectivity index (χ1n) is 9.29. The van der Waals surface area contributed by atoms with Gasteiger partial charge in [0.25, 0.3) is 5.91 Å². The van der Waals surface area contributed by atoms with Gasteiger partial charge in [-0.05, 0) is 60.2 Å². The lowest BCUT2D eigenvalue weighted by Gasteiger charge is -2.11. The molecule has 4 aromatic rings. The minimum Gasteiger partial charge on any atom is -0.495 e. The van der Waals surface area contributed by atoms with Crippen molar-refractivity contribution in [2.24, 2.45) is 0 Å². The molecule has 156 valence electrons. The van der Waals surface area contributed by atoms with E-state index in [2.05, 4.69) is 26.2 Å². The second-order valence-corrected chi connectivity index (χ2v) is 7.68. The number of halogens is 1. The maximum atomic E-state index is 12.6. The van der Waals surface area contributed by atoms with Crippen LogP contribution in [0.5, 0.6) is 5.75 Å². The van der Waals surface area contributed by atoms with Crippen molar-refractivity contribution in [3.8, 4) is 17.2 Å². The van der Waals surface area contributed by atoms with Crippen molar-refractivity contribution in [1.82, 2.24) is 4.98 Å². The number of hydrogen-bond donors (Lipinski definition) is 2. The maximum absolute atomic E-state index is 12.6. The maximum Gasteiger partial charge on any atom is 0.307 e. The molecule has 1 aromatic heterocycles. The molecule has 4 rings (SSSR count). The van der Waals surface area contributed by atoms with E-state index in [0.29, 0.717) is 45.1 Å². The molecule has 8 heteroatoms. The van der Waals surface area contributed by atoms with E-state index in [9.17, 15) is 9.59 Å². The quantitative estimate of drug-likeness (QED) is 0.395. The number of methoxy groups -OCH3 is 1. The molecule has 7 nitrogen and oxygen atoms in total. The summed E-state index contributed by atoms with van der Waals surface area (Å²) in [5.74, 6) is -0.346. The number of fused-ring (bicyclic) bond motifs is 1. The van der Waals surface area contributed by atoms with Crippen molar-refractivity contribution in [1.29, 1.82) is 0 Å². The van der Waals surface area contributed by atoms with Gasteiger partial charge in [0.15, 0.2) is 5.58 Å². The summed E-state index contributed by atoms with van der Waals surface area (Å²) < 4.78 is 12.1. The van der Waals surface area contributed by atoms with Crippen LogP contribution in [0.4, 0.5) is 5.69 Å². The van der Waals surface area contributed by atoms with E-state index in [1.54, 1.807) is 60.7 Å². The fraction of sp³-hybridized carbons (Fsp3) is 0.0870. The third-order valence-corrected chi connectivity index (χ3v) is 5.14. The normalized spacial score (nSPS) is 10.8. The van der Waals surface area contributed by atoms with Crippen molar-refractivity contribution in [2.45, 2.75) is 6.42 Å². The summed E-state index contributed by atoms with van der Waals surface area (Å²) in [6.07, 6.45) is -0.0904. The highest BCUT2D eigenvalue weighted by Gasteiger charge is 2.15. The number of nitrogens with one attached hydrogen (secondary N) is 1. The fourth-order valence-corrected chi connectivity index (χ4v) is 3.38. The molecule has 1 heterocycles. The molecule has 0 aliphatic rings. The molecule has 0 aliphatic carbocycles. The van der Waals surface area contributed by atoms with Gasteiger partial charge in [0, 0.05) is 15.6 Å². The number of anilines is 1. The number of aromatic nitrogens is 1. The second-order valence-electron chi connectivity index (χ2n) is 6.77. The Morgan fingerprint density at radius 1 is 1.10 bits per heavy atom. The molecule has 31 heavy (non-hydrogen) atoms. The van der Waals surface area contributed by atoms with E-state index in [-0.39, 0.29) is 12.3 Å². The summed E-state index contributed by atoms with van der Waals surface area (Å²) in [5.41, 5.74) is 3.36. The van der Waals surface area contributed by atoms with Crippen LogP contribution in [0, 0.1) is 0 Å². The summed E-state index contributed by atoms with van der Waals surface area (Å²) in [6.45, 7) is 0. The molecule has 0 radical (unpaired) electrons. The average Bonchev–Trinajstić information content (AvgIpc) is 3.17. The zero-order valence-corrected chi connectivity index (χ0v) is 18.0. The SMILES string of the molecule is COc1ccc(-c2nc3cc(CC(=O)O)ccc3o2)cc1NC(=O)c1ccc(Br)cc1. The summed E-state index contributed by atoms with van der Waals surface area (Å²) in [6, 6.07) is 17.3. The molecular formula is C23H17BrN2O5. The molecule has 0 saturated carbocycles. The van der Waals surface area contributed by atoms with Gasteiger partial charge in [-0.2, -0.15) is 0 Å². The number of aliphatic carboxylic acids is 1. The van der Waals surface area contributed by atoms with E-state index < -0.39 is 5.97 Å². The lowest BCUT2D eigenvalue weighted by Crippen LogP contribution is -2.12. The van der Waals surface area contributed by atoms with Crippen LogP contribution in [-0.2, 0) is 11.2 Å². The van der Waals surface area contributed by atoms with Crippen molar-refractivity contribution in [2.75, 3.05) is 12.4 Å². The third kappa shape index (κ3) is 4.59. The van der Waals surface area contributed by atoms with Crippen molar-refractivity contribution in [3.63, 3.8) is 0 Å². The van der Waals surface area contributed by atoms with Gasteiger partial charge in [-0.1, -0.05) is 22.0 Å². The van der Waals surface area contributed by atoms with E-state index in [1.165, 1.54) is 7.11 Å². The number of hydrogen-bond acceptors (Lipinski definition) is 5. The third-order valence-electron chi connectivity index (χ3n) is 4.61. The Labute approximate surface area is 185 Å². The Kier molecular flexibility index (Phi) is 5.73. The lowest BCUT2D eigenvalue weighted by atomic mass is 10.1. The lowest BCUT2D eigenvalue weighted by molar-refractivity contribution is -0.136. The molecular weight excluding hydrogens is 464 g/mol. The van der Waals surface area contributed by atoms with Gasteiger partial charge in [-0.15, -0.1) is 0 Å². The zero-order chi connectivity index (χ0) is 22.0. The van der Waals surface area contributed by atoms with Gasteiger partial charge >= 0.3 is 5.97 Å². The molecule has 0 bridgehead atoms. The van der Waals surface area contributed by atoms with Gasteiger partial charge in [0.1, 0.15) is 11.3 Å². The first kappa shape index (κ1) is 20.6. The molecule has 0 atom stereocenters. The highest BCUT2D eigenvalue weighted by molar-refractivity contribution is 9.10. The smallest absolute Gasteiger partial charge is 0.307 e. The highest BCUT2D eigenvalue weighted by atomic mass is 79.9. The standard InChI is InChI=1S/C23H17BrN2O5/c1-30-19-9-5-15(12-18(19)25-22(29)14-3-6-16(24)7-4-14)23-26-17-10-13(11-21(27)28)2-8-20(17)31-23/h2-10,12H,11H2,1H3,(H,25,29)(H,27,28). The number of carbonyl (C=O) groups excluding carboxylic acids is 1. The first-order chi connectivity index (χ1) is 14.9. The predicted molar refractivity (Wildman–Crippen MR) is 119 cm³/mol. The summed E-state index contributed by atoms with van der Waals surface area (Å²) >= 11 is 3.35. The van der Waals surface area contributed by atoms with Gasteiger partial charge in [0.05, 0.1) is 19.2 Å². The monoisotopic (exact) mass is 480 g/mol. The first-order valence-corrected chi connectivity index (χ1v) is 10.1. The average molecular weight is 481 g/mol. The predicted octanol–water partition coefficient (Wildman–Crippen LogP) is 5.15. The van der Waals surface area contributed by atoms with Gasteiger partial charge in [-0.3, -0.25) is 9.59 Å². The van der Waals surface area contributed by atoms with Crippen LogP contribution in [-0.4, -0.2) is 29.1 Å². The Bertz CT molecular complexity index is 1280. The molecule has 0 fully saturated rings. The van der Waals surface area contributed by atoms with Crippen LogP contribution in [0.15, 0.2) is 69.6 Å². The number of carboxylic acid groups (broad SMARTS) is 1. The van der Waals surface area contributed by atoms with Crippen LogP contribution in [0.2, 0.25) is 0 Å². The van der Waals surface area contributed by atoms with Gasteiger partial charge in [-0.25, -0.2) is 4.98 Å². The highest BCUT2D eigenvalue weighted by Crippen LogP contribution is 2.32. The second kappa shape index (κ2) is 8.61. The van der Waals surface area contributed by atoms with Gasteiger partial charge in [0.2, 0.25) is 5.89 Å². The van der Waals surface area contributed by atoms with E-state index in [0.717, 1.165) is 4.47 Å². The molecule has 2 N–H and O–H groups in total. The van der Waals surface area contributed by atoms with Gasteiger partial charge < -0.3 is 19.6 Å². The Hall–Kier alpha value is -3.65. The van der Waals surface area contributed by atoms with Crippen molar-refractivity contribution < 1.29 is 23.8 Å². The van der Waals surface area contributed by atoms with Crippen LogP contribution < -0.4 is 10.1 Å². The summed E-state index contributed by atoms with van der Waals surface area (Å²) in [4.78, 5) is 28.1. The number of carboxylic acids is 1. The van der Waals surface area contributed by atoms with Crippen LogP contribution in [0.1, 0.15) is 15.9 Å². The largest absolute Gasteiger partial charge is 0.495 e. The molecule has 3 aromatic carbocycles. The number of benzene rings is 3.